The zero-order chi connectivity index (χ0) is 13.5. The number of rotatable bonds is 6. The third kappa shape index (κ3) is 4.41. The molecule has 0 aliphatic carbocycles. The number of hydrogen-bond acceptors (Lipinski definition) is 2. The van der Waals surface area contributed by atoms with Crippen molar-refractivity contribution in [2.45, 2.75) is 24.3 Å². The summed E-state index contributed by atoms with van der Waals surface area (Å²) in [5.74, 6) is 1.31. The van der Waals surface area contributed by atoms with E-state index in [9.17, 15) is 5.11 Å². The molecule has 1 nitrogen and oxygen atoms in total. The van der Waals surface area contributed by atoms with Crippen LogP contribution in [-0.2, 0) is 0 Å². The molecule has 2 heteroatoms. The normalized spacial score (nSPS) is 14.0. The van der Waals surface area contributed by atoms with Crippen molar-refractivity contribution < 1.29 is 5.11 Å². The summed E-state index contributed by atoms with van der Waals surface area (Å²) in [5, 5.41) is 10.3. The highest BCUT2D eigenvalue weighted by Crippen LogP contribution is 2.27. The number of hydrogen-bond donors (Lipinski definition) is 1. The van der Waals surface area contributed by atoms with Crippen LogP contribution < -0.4 is 0 Å². The molecule has 0 heterocycles. The van der Waals surface area contributed by atoms with Crippen LogP contribution in [0.2, 0.25) is 0 Å². The summed E-state index contributed by atoms with van der Waals surface area (Å²) in [5.41, 5.74) is 1.01. The molecule has 2 aromatic carbocycles. The van der Waals surface area contributed by atoms with Crippen molar-refractivity contribution in [3.63, 3.8) is 0 Å². The minimum Gasteiger partial charge on any atom is -0.388 e. The Morgan fingerprint density at radius 3 is 2.16 bits per heavy atom. The maximum Gasteiger partial charge on any atom is 0.0815 e. The van der Waals surface area contributed by atoms with Gasteiger partial charge in [0.2, 0.25) is 0 Å². The molecule has 0 saturated heterocycles. The predicted octanol–water partition coefficient (Wildman–Crippen LogP) is 4.54. The van der Waals surface area contributed by atoms with Crippen LogP contribution in [0.15, 0.2) is 65.6 Å². The first kappa shape index (κ1) is 14.2. The van der Waals surface area contributed by atoms with Crippen LogP contribution in [0.4, 0.5) is 0 Å². The van der Waals surface area contributed by atoms with E-state index in [1.165, 1.54) is 4.90 Å². The summed E-state index contributed by atoms with van der Waals surface area (Å²) in [6, 6.07) is 20.3. The summed E-state index contributed by atoms with van der Waals surface area (Å²) >= 11 is 1.85. The molecule has 1 N–H and O–H groups in total. The Morgan fingerprint density at radius 2 is 1.53 bits per heavy atom. The second-order valence-electron chi connectivity index (χ2n) is 4.78. The SMILES string of the molecule is CC(CCSc1ccccc1)C(O)c1ccccc1. The van der Waals surface area contributed by atoms with Gasteiger partial charge in [-0.15, -0.1) is 11.8 Å². The second kappa shape index (κ2) is 7.37. The third-order valence-corrected chi connectivity index (χ3v) is 4.31. The van der Waals surface area contributed by atoms with Crippen molar-refractivity contribution in [2.24, 2.45) is 5.92 Å². The first-order valence-electron chi connectivity index (χ1n) is 6.68. The van der Waals surface area contributed by atoms with Crippen molar-refractivity contribution in [1.82, 2.24) is 0 Å². The zero-order valence-corrected chi connectivity index (χ0v) is 12.0. The van der Waals surface area contributed by atoms with Crippen molar-refractivity contribution >= 4 is 11.8 Å². The van der Waals surface area contributed by atoms with Gasteiger partial charge < -0.3 is 5.11 Å². The quantitative estimate of drug-likeness (QED) is 0.779. The van der Waals surface area contributed by atoms with Crippen LogP contribution in [0.1, 0.15) is 25.0 Å². The Morgan fingerprint density at radius 1 is 0.947 bits per heavy atom. The highest BCUT2D eigenvalue weighted by Gasteiger charge is 2.15. The Labute approximate surface area is 119 Å². The van der Waals surface area contributed by atoms with Crippen LogP contribution in [0.5, 0.6) is 0 Å². The Kier molecular flexibility index (Phi) is 5.49. The minimum atomic E-state index is -0.363. The maximum atomic E-state index is 10.3. The molecule has 2 unspecified atom stereocenters. The first-order chi connectivity index (χ1) is 9.27. The number of aliphatic hydroxyl groups is 1. The van der Waals surface area contributed by atoms with Crippen LogP contribution in [-0.4, -0.2) is 10.9 Å². The second-order valence-corrected chi connectivity index (χ2v) is 5.95. The number of thioether (sulfide) groups is 1. The van der Waals surface area contributed by atoms with E-state index < -0.39 is 0 Å². The largest absolute Gasteiger partial charge is 0.388 e. The molecular formula is C17H20OS. The summed E-state index contributed by atoms with van der Waals surface area (Å²) in [4.78, 5) is 1.30. The average Bonchev–Trinajstić information content (AvgIpc) is 2.48. The van der Waals surface area contributed by atoms with Crippen molar-refractivity contribution in [3.05, 3.63) is 66.2 Å². The van der Waals surface area contributed by atoms with Gasteiger partial charge in [-0.05, 0) is 35.8 Å². The molecule has 0 aromatic heterocycles. The van der Waals surface area contributed by atoms with E-state index in [-0.39, 0.29) is 12.0 Å². The maximum absolute atomic E-state index is 10.3. The molecule has 2 atom stereocenters. The standard InChI is InChI=1S/C17H20OS/c1-14(17(18)15-8-4-2-5-9-15)12-13-19-16-10-6-3-7-11-16/h2-11,14,17-18H,12-13H2,1H3. The number of aliphatic hydroxyl groups excluding tert-OH is 1. The van der Waals surface area contributed by atoms with Crippen LogP contribution >= 0.6 is 11.8 Å². The van der Waals surface area contributed by atoms with Crippen molar-refractivity contribution in [3.8, 4) is 0 Å². The fourth-order valence-corrected chi connectivity index (χ4v) is 3.09. The Bertz CT molecular complexity index is 469. The summed E-state index contributed by atoms with van der Waals surface area (Å²) in [7, 11) is 0. The van der Waals surface area contributed by atoms with Gasteiger partial charge in [0.25, 0.3) is 0 Å². The first-order valence-corrected chi connectivity index (χ1v) is 7.67. The molecule has 0 fully saturated rings. The molecule has 100 valence electrons. The van der Waals surface area contributed by atoms with E-state index in [1.807, 2.05) is 48.2 Å². The van der Waals surface area contributed by atoms with Crippen LogP contribution in [0, 0.1) is 5.92 Å². The van der Waals surface area contributed by atoms with E-state index >= 15 is 0 Å². The van der Waals surface area contributed by atoms with Crippen molar-refractivity contribution in [2.75, 3.05) is 5.75 Å². The van der Waals surface area contributed by atoms with Gasteiger partial charge in [-0.1, -0.05) is 55.5 Å². The lowest BCUT2D eigenvalue weighted by molar-refractivity contribution is 0.116. The monoisotopic (exact) mass is 272 g/mol. The molecule has 2 rings (SSSR count). The molecule has 0 saturated carbocycles. The summed E-state index contributed by atoms with van der Waals surface area (Å²) in [6.07, 6.45) is 0.646. The summed E-state index contributed by atoms with van der Waals surface area (Å²) < 4.78 is 0. The lowest BCUT2D eigenvalue weighted by atomic mass is 9.95. The lowest BCUT2D eigenvalue weighted by Gasteiger charge is -2.19. The van der Waals surface area contributed by atoms with Gasteiger partial charge in [0.05, 0.1) is 6.10 Å². The van der Waals surface area contributed by atoms with E-state index in [2.05, 4.69) is 31.2 Å². The molecule has 0 amide bonds. The molecule has 2 aromatic rings. The van der Waals surface area contributed by atoms with E-state index in [1.54, 1.807) is 0 Å². The van der Waals surface area contributed by atoms with E-state index in [0.29, 0.717) is 0 Å². The van der Waals surface area contributed by atoms with Gasteiger partial charge in [-0.25, -0.2) is 0 Å². The van der Waals surface area contributed by atoms with Gasteiger partial charge in [0.1, 0.15) is 0 Å². The minimum absolute atomic E-state index is 0.276. The molecule has 0 radical (unpaired) electrons. The van der Waals surface area contributed by atoms with Crippen molar-refractivity contribution in [1.29, 1.82) is 0 Å². The van der Waals surface area contributed by atoms with Gasteiger partial charge in [-0.3, -0.25) is 0 Å². The van der Waals surface area contributed by atoms with E-state index in [0.717, 1.165) is 17.7 Å². The highest BCUT2D eigenvalue weighted by atomic mass is 32.2. The Balaban J connectivity index is 1.80. The topological polar surface area (TPSA) is 20.2 Å². The molecular weight excluding hydrogens is 252 g/mol. The van der Waals surface area contributed by atoms with E-state index in [4.69, 9.17) is 0 Å². The predicted molar refractivity (Wildman–Crippen MR) is 82.3 cm³/mol. The molecule has 0 aliphatic heterocycles. The molecule has 19 heavy (non-hydrogen) atoms. The fraction of sp³-hybridized carbons (Fsp3) is 0.294. The van der Waals surface area contributed by atoms with Gasteiger partial charge in [0.15, 0.2) is 0 Å². The molecule has 0 bridgehead atoms. The average molecular weight is 272 g/mol. The Hall–Kier alpha value is -1.25. The van der Waals surface area contributed by atoms with Gasteiger partial charge in [-0.2, -0.15) is 0 Å². The molecule has 0 spiro atoms. The highest BCUT2D eigenvalue weighted by molar-refractivity contribution is 7.99. The smallest absolute Gasteiger partial charge is 0.0815 e. The number of benzene rings is 2. The zero-order valence-electron chi connectivity index (χ0n) is 11.2. The van der Waals surface area contributed by atoms with Crippen LogP contribution in [0.3, 0.4) is 0 Å². The molecule has 0 aliphatic rings. The summed E-state index contributed by atoms with van der Waals surface area (Å²) in [6.45, 7) is 2.11. The lowest BCUT2D eigenvalue weighted by Crippen LogP contribution is -2.10. The fourth-order valence-electron chi connectivity index (χ4n) is 2.02. The van der Waals surface area contributed by atoms with Gasteiger partial charge in [0, 0.05) is 4.90 Å². The third-order valence-electron chi connectivity index (χ3n) is 3.27. The van der Waals surface area contributed by atoms with Gasteiger partial charge >= 0.3 is 0 Å². The van der Waals surface area contributed by atoms with Crippen LogP contribution in [0.25, 0.3) is 0 Å².